The van der Waals surface area contributed by atoms with Crippen LogP contribution in [0.4, 0.5) is 0 Å². The Morgan fingerprint density at radius 3 is 2.50 bits per heavy atom. The summed E-state index contributed by atoms with van der Waals surface area (Å²) >= 11 is 0. The highest BCUT2D eigenvalue weighted by atomic mass is 16.4. The van der Waals surface area contributed by atoms with Crippen molar-refractivity contribution in [2.45, 2.75) is 32.7 Å². The number of carbonyl (C=O) groups is 1. The Bertz CT molecular complexity index is 1210. The van der Waals surface area contributed by atoms with Crippen LogP contribution < -0.4 is 10.9 Å². The van der Waals surface area contributed by atoms with Gasteiger partial charge in [0.15, 0.2) is 5.76 Å². The third-order valence-corrected chi connectivity index (χ3v) is 4.78. The van der Waals surface area contributed by atoms with Crippen molar-refractivity contribution in [1.82, 2.24) is 5.32 Å². The van der Waals surface area contributed by atoms with Gasteiger partial charge in [0, 0.05) is 23.4 Å². The molecule has 2 heterocycles. The molecule has 1 amide bonds. The molecule has 0 radical (unpaired) electrons. The van der Waals surface area contributed by atoms with E-state index < -0.39 is 5.63 Å². The van der Waals surface area contributed by atoms with Crippen molar-refractivity contribution in [1.29, 1.82) is 0 Å². The Labute approximate surface area is 162 Å². The molecule has 2 aromatic heterocycles. The van der Waals surface area contributed by atoms with E-state index in [-0.39, 0.29) is 23.6 Å². The predicted octanol–water partition coefficient (Wildman–Crippen LogP) is 4.77. The summed E-state index contributed by atoms with van der Waals surface area (Å²) in [6.45, 7) is 6.56. The van der Waals surface area contributed by atoms with Crippen molar-refractivity contribution in [3.63, 3.8) is 0 Å². The first-order valence-electron chi connectivity index (χ1n) is 9.15. The Kier molecular flexibility index (Phi) is 4.30. The fourth-order valence-corrected chi connectivity index (χ4v) is 3.20. The lowest BCUT2D eigenvalue weighted by Crippen LogP contribution is -2.23. The van der Waals surface area contributed by atoms with Crippen molar-refractivity contribution in [3.05, 3.63) is 81.9 Å². The van der Waals surface area contributed by atoms with Crippen LogP contribution in [0.1, 0.15) is 42.5 Å². The lowest BCUT2D eigenvalue weighted by atomic mass is 9.86. The first-order chi connectivity index (χ1) is 13.3. The molecular weight excluding hydrogens is 354 g/mol. The van der Waals surface area contributed by atoms with Crippen LogP contribution >= 0.6 is 0 Å². The van der Waals surface area contributed by atoms with E-state index in [1.165, 1.54) is 6.07 Å². The molecule has 0 atom stereocenters. The molecule has 0 aliphatic carbocycles. The summed E-state index contributed by atoms with van der Waals surface area (Å²) < 4.78 is 10.9. The number of amides is 1. The molecule has 5 nitrogen and oxygen atoms in total. The maximum absolute atomic E-state index is 12.5. The summed E-state index contributed by atoms with van der Waals surface area (Å²) in [6, 6.07) is 16.4. The fraction of sp³-hybridized carbons (Fsp3) is 0.217. The Morgan fingerprint density at radius 1 is 0.964 bits per heavy atom. The second-order valence-electron chi connectivity index (χ2n) is 7.88. The van der Waals surface area contributed by atoms with Gasteiger partial charge in [0.25, 0.3) is 5.91 Å². The molecule has 142 valence electrons. The van der Waals surface area contributed by atoms with Gasteiger partial charge in [-0.15, -0.1) is 0 Å². The average molecular weight is 375 g/mol. The number of carbonyl (C=O) groups excluding carboxylic acids is 1. The number of rotatable bonds is 3. The summed E-state index contributed by atoms with van der Waals surface area (Å²) in [4.78, 5) is 24.4. The molecule has 28 heavy (non-hydrogen) atoms. The molecule has 0 spiro atoms. The van der Waals surface area contributed by atoms with Gasteiger partial charge in [-0.3, -0.25) is 4.79 Å². The van der Waals surface area contributed by atoms with Crippen molar-refractivity contribution < 1.29 is 13.6 Å². The zero-order valence-electron chi connectivity index (χ0n) is 16.0. The standard InChI is InChI=1S/C23H21NO4/c1-23(2,3)16-8-9-19-17(12-16)15(11-21(25)28-19)13-24-22(26)20-10-14-6-4-5-7-18(14)27-20/h4-12H,13H2,1-3H3,(H,24,26). The lowest BCUT2D eigenvalue weighted by molar-refractivity contribution is 0.0925. The molecule has 0 aliphatic heterocycles. The number of nitrogens with one attached hydrogen (secondary N) is 1. The SMILES string of the molecule is CC(C)(C)c1ccc2oc(=O)cc(CNC(=O)c3cc4ccccc4o3)c2c1. The van der Waals surface area contributed by atoms with Crippen molar-refractivity contribution >= 4 is 27.8 Å². The number of para-hydroxylation sites is 1. The highest BCUT2D eigenvalue weighted by Crippen LogP contribution is 2.27. The number of furan rings is 1. The second-order valence-corrected chi connectivity index (χ2v) is 7.88. The molecule has 5 heteroatoms. The van der Waals surface area contributed by atoms with Gasteiger partial charge in [0.05, 0.1) is 0 Å². The molecule has 1 N–H and O–H groups in total. The first kappa shape index (κ1) is 18.0. The van der Waals surface area contributed by atoms with Gasteiger partial charge in [-0.2, -0.15) is 0 Å². The van der Waals surface area contributed by atoms with E-state index in [2.05, 4.69) is 26.1 Å². The minimum absolute atomic E-state index is 0.0425. The summed E-state index contributed by atoms with van der Waals surface area (Å²) in [7, 11) is 0. The van der Waals surface area contributed by atoms with Gasteiger partial charge in [-0.05, 0) is 40.8 Å². The van der Waals surface area contributed by atoms with Crippen LogP contribution in [0.15, 0.2) is 68.2 Å². The van der Waals surface area contributed by atoms with E-state index >= 15 is 0 Å². The number of hydrogen-bond donors (Lipinski definition) is 1. The minimum atomic E-state index is -0.441. The molecule has 0 bridgehead atoms. The maximum atomic E-state index is 12.5. The van der Waals surface area contributed by atoms with Gasteiger partial charge in [-0.1, -0.05) is 45.0 Å². The van der Waals surface area contributed by atoms with Crippen molar-refractivity contribution in [2.75, 3.05) is 0 Å². The van der Waals surface area contributed by atoms with E-state index in [4.69, 9.17) is 8.83 Å². The normalized spacial score (nSPS) is 11.8. The third-order valence-electron chi connectivity index (χ3n) is 4.78. The first-order valence-corrected chi connectivity index (χ1v) is 9.15. The van der Waals surface area contributed by atoms with Crippen molar-refractivity contribution in [3.8, 4) is 0 Å². The molecule has 0 fully saturated rings. The molecule has 2 aromatic carbocycles. The number of benzene rings is 2. The minimum Gasteiger partial charge on any atom is -0.451 e. The Balaban J connectivity index is 1.64. The fourth-order valence-electron chi connectivity index (χ4n) is 3.20. The van der Waals surface area contributed by atoms with Gasteiger partial charge in [0.2, 0.25) is 0 Å². The van der Waals surface area contributed by atoms with E-state index in [0.29, 0.717) is 16.7 Å². The van der Waals surface area contributed by atoms with Crippen LogP contribution in [-0.2, 0) is 12.0 Å². The van der Waals surface area contributed by atoms with Crippen LogP contribution in [0.2, 0.25) is 0 Å². The zero-order chi connectivity index (χ0) is 19.9. The van der Waals surface area contributed by atoms with Gasteiger partial charge < -0.3 is 14.2 Å². The lowest BCUT2D eigenvalue weighted by Gasteiger charge is -2.19. The zero-order valence-corrected chi connectivity index (χ0v) is 16.0. The molecule has 0 saturated carbocycles. The molecule has 0 saturated heterocycles. The Hall–Kier alpha value is -3.34. The van der Waals surface area contributed by atoms with Crippen molar-refractivity contribution in [2.24, 2.45) is 0 Å². The summed E-state index contributed by atoms with van der Waals surface area (Å²) in [6.07, 6.45) is 0. The molecule has 0 unspecified atom stereocenters. The molecule has 0 aliphatic rings. The van der Waals surface area contributed by atoms with E-state index in [1.54, 1.807) is 6.07 Å². The summed E-state index contributed by atoms with van der Waals surface area (Å²) in [5.41, 5.74) is 2.52. The number of fused-ring (bicyclic) bond motifs is 2. The molecular formula is C23H21NO4. The van der Waals surface area contributed by atoms with E-state index in [1.807, 2.05) is 42.5 Å². The largest absolute Gasteiger partial charge is 0.451 e. The van der Waals surface area contributed by atoms with E-state index in [9.17, 15) is 9.59 Å². The predicted molar refractivity (Wildman–Crippen MR) is 109 cm³/mol. The highest BCUT2D eigenvalue weighted by molar-refractivity contribution is 5.96. The van der Waals surface area contributed by atoms with Gasteiger partial charge in [0.1, 0.15) is 11.2 Å². The van der Waals surface area contributed by atoms with Crippen LogP contribution in [0.3, 0.4) is 0 Å². The highest BCUT2D eigenvalue weighted by Gasteiger charge is 2.17. The smallest absolute Gasteiger partial charge is 0.336 e. The monoisotopic (exact) mass is 375 g/mol. The number of hydrogen-bond acceptors (Lipinski definition) is 4. The topological polar surface area (TPSA) is 72.5 Å². The van der Waals surface area contributed by atoms with Gasteiger partial charge in [-0.25, -0.2) is 4.79 Å². The van der Waals surface area contributed by atoms with Crippen LogP contribution in [0, 0.1) is 0 Å². The summed E-state index contributed by atoms with van der Waals surface area (Å²) in [5.74, 6) is -0.0894. The van der Waals surface area contributed by atoms with Crippen LogP contribution in [0.5, 0.6) is 0 Å². The second kappa shape index (κ2) is 6.68. The van der Waals surface area contributed by atoms with Crippen LogP contribution in [0.25, 0.3) is 21.9 Å². The Morgan fingerprint density at radius 2 is 1.75 bits per heavy atom. The van der Waals surface area contributed by atoms with E-state index in [0.717, 1.165) is 16.3 Å². The summed E-state index contributed by atoms with van der Waals surface area (Å²) in [5, 5.41) is 4.53. The quantitative estimate of drug-likeness (QED) is 0.524. The van der Waals surface area contributed by atoms with Gasteiger partial charge >= 0.3 is 5.63 Å². The maximum Gasteiger partial charge on any atom is 0.336 e. The average Bonchev–Trinajstić information content (AvgIpc) is 3.09. The third kappa shape index (κ3) is 3.43. The van der Waals surface area contributed by atoms with Crippen LogP contribution in [-0.4, -0.2) is 5.91 Å². The molecule has 4 rings (SSSR count). The molecule has 4 aromatic rings.